The molecule has 0 spiro atoms. The second kappa shape index (κ2) is 9.87. The lowest BCUT2D eigenvalue weighted by molar-refractivity contribution is -0.274. The molecule has 1 saturated carbocycles. The Bertz CT molecular complexity index is 1110. The fourth-order valence-corrected chi connectivity index (χ4v) is 4.70. The molecule has 0 bridgehead atoms. The molecule has 0 saturated heterocycles. The van der Waals surface area contributed by atoms with E-state index in [1.54, 1.807) is 6.92 Å². The molecule has 3 rings (SSSR count). The fourth-order valence-electron chi connectivity index (χ4n) is 3.52. The van der Waals surface area contributed by atoms with Crippen molar-refractivity contribution in [3.63, 3.8) is 0 Å². The summed E-state index contributed by atoms with van der Waals surface area (Å²) in [5.74, 6) is -1.56. The molecule has 0 heterocycles. The van der Waals surface area contributed by atoms with E-state index >= 15 is 0 Å². The van der Waals surface area contributed by atoms with Crippen molar-refractivity contribution in [1.29, 1.82) is 0 Å². The van der Waals surface area contributed by atoms with Crippen molar-refractivity contribution in [3.05, 3.63) is 42.5 Å². The normalized spacial score (nSPS) is 18.6. The van der Waals surface area contributed by atoms with E-state index in [4.69, 9.17) is 4.74 Å². The van der Waals surface area contributed by atoms with Gasteiger partial charge in [-0.25, -0.2) is 8.42 Å². The van der Waals surface area contributed by atoms with Gasteiger partial charge in [0.2, 0.25) is 5.91 Å². The maximum atomic E-state index is 12.9. The zero-order valence-corrected chi connectivity index (χ0v) is 18.4. The van der Waals surface area contributed by atoms with Gasteiger partial charge < -0.3 is 19.9 Å². The summed E-state index contributed by atoms with van der Waals surface area (Å²) in [7, 11) is -4.26. The van der Waals surface area contributed by atoms with Crippen LogP contribution in [0.4, 0.5) is 24.5 Å². The molecule has 0 radical (unpaired) electrons. The lowest BCUT2D eigenvalue weighted by Crippen LogP contribution is -2.28. The van der Waals surface area contributed by atoms with Crippen molar-refractivity contribution < 1.29 is 41.0 Å². The van der Waals surface area contributed by atoms with Gasteiger partial charge in [0, 0.05) is 17.8 Å². The number of hydrogen-bond donors (Lipinski definition) is 3. The van der Waals surface area contributed by atoms with Crippen molar-refractivity contribution in [1.82, 2.24) is 0 Å². The molecule has 1 aliphatic carbocycles. The Morgan fingerprint density at radius 3 is 2.55 bits per heavy atom. The summed E-state index contributed by atoms with van der Waals surface area (Å²) in [6.07, 6.45) is -3.81. The van der Waals surface area contributed by atoms with E-state index < -0.39 is 34.2 Å². The smallest absolute Gasteiger partial charge is 0.492 e. The van der Waals surface area contributed by atoms with Crippen molar-refractivity contribution in [2.75, 3.05) is 16.6 Å². The lowest BCUT2D eigenvalue weighted by atomic mass is 10.1. The van der Waals surface area contributed by atoms with E-state index in [1.807, 2.05) is 0 Å². The minimum Gasteiger partial charge on any atom is -0.492 e. The number of ether oxygens (including phenoxy) is 2. The number of aliphatic hydroxyl groups is 1. The monoisotopic (exact) mass is 488 g/mol. The van der Waals surface area contributed by atoms with Gasteiger partial charge in [0.05, 0.1) is 24.3 Å². The van der Waals surface area contributed by atoms with Gasteiger partial charge in [0.15, 0.2) is 0 Å². The van der Waals surface area contributed by atoms with Crippen molar-refractivity contribution in [3.8, 4) is 11.5 Å². The first kappa shape index (κ1) is 24.6. The third-order valence-corrected chi connectivity index (χ3v) is 6.36. The van der Waals surface area contributed by atoms with Crippen LogP contribution in [-0.4, -0.2) is 38.5 Å². The summed E-state index contributed by atoms with van der Waals surface area (Å²) in [5.41, 5.74) is 0.133. The van der Waals surface area contributed by atoms with Gasteiger partial charge >= 0.3 is 6.36 Å². The summed E-state index contributed by atoms with van der Waals surface area (Å²) < 4.78 is 74.6. The van der Waals surface area contributed by atoms with Crippen LogP contribution in [0.1, 0.15) is 26.2 Å². The van der Waals surface area contributed by atoms with Crippen LogP contribution in [0.5, 0.6) is 11.5 Å². The Morgan fingerprint density at radius 1 is 1.15 bits per heavy atom. The van der Waals surface area contributed by atoms with Gasteiger partial charge in [-0.15, -0.1) is 13.2 Å². The summed E-state index contributed by atoms with van der Waals surface area (Å²) in [6, 6.07) is 8.31. The summed E-state index contributed by atoms with van der Waals surface area (Å²) in [4.78, 5) is 12.1. The predicted octanol–water partition coefficient (Wildman–Crippen LogP) is 3.88. The molecule has 1 aliphatic rings. The maximum Gasteiger partial charge on any atom is 0.573 e. The second-order valence-corrected chi connectivity index (χ2v) is 9.02. The molecular weight excluding hydrogens is 465 g/mol. The van der Waals surface area contributed by atoms with Crippen molar-refractivity contribution >= 4 is 27.3 Å². The SMILES string of the molecule is CCOc1cc(NC(=O)C2CCC[C@H]2O)ccc1S(=O)(=O)Nc1cccc(OC(F)(F)F)c1. The molecule has 1 unspecified atom stereocenters. The minimum absolute atomic E-state index is 0.0579. The molecule has 2 aromatic carbocycles. The van der Waals surface area contributed by atoms with Gasteiger partial charge in [0.25, 0.3) is 10.0 Å². The second-order valence-electron chi connectivity index (χ2n) is 7.37. The first-order chi connectivity index (χ1) is 15.5. The topological polar surface area (TPSA) is 114 Å². The highest BCUT2D eigenvalue weighted by Gasteiger charge is 2.32. The van der Waals surface area contributed by atoms with Crippen LogP contribution in [-0.2, 0) is 14.8 Å². The number of carbonyl (C=O) groups is 1. The van der Waals surface area contributed by atoms with E-state index in [0.717, 1.165) is 18.6 Å². The lowest BCUT2D eigenvalue weighted by Gasteiger charge is -2.17. The third kappa shape index (κ3) is 6.51. The number of benzene rings is 2. The van der Waals surface area contributed by atoms with E-state index in [2.05, 4.69) is 14.8 Å². The Hall–Kier alpha value is -2.99. The Labute approximate surface area is 188 Å². The molecule has 0 aliphatic heterocycles. The number of aliphatic hydroxyl groups excluding tert-OH is 1. The van der Waals surface area contributed by atoms with Crippen LogP contribution >= 0.6 is 0 Å². The Kier molecular flexibility index (Phi) is 7.38. The van der Waals surface area contributed by atoms with Gasteiger partial charge in [0.1, 0.15) is 16.4 Å². The first-order valence-corrected chi connectivity index (χ1v) is 11.6. The number of amides is 1. The number of nitrogens with one attached hydrogen (secondary N) is 2. The van der Waals surface area contributed by atoms with Gasteiger partial charge in [-0.1, -0.05) is 6.07 Å². The van der Waals surface area contributed by atoms with Crippen LogP contribution in [0.3, 0.4) is 0 Å². The average Bonchev–Trinajstić information content (AvgIpc) is 3.13. The molecule has 1 amide bonds. The van der Waals surface area contributed by atoms with Gasteiger partial charge in [-0.3, -0.25) is 9.52 Å². The Balaban J connectivity index is 1.82. The molecule has 2 atom stereocenters. The number of sulfonamides is 1. The highest BCUT2D eigenvalue weighted by atomic mass is 32.2. The molecule has 3 N–H and O–H groups in total. The first-order valence-electron chi connectivity index (χ1n) is 10.1. The molecule has 0 aromatic heterocycles. The standard InChI is InChI=1S/C21H23F3N2O6S/c1-2-31-18-12-13(25-20(28)16-7-4-8-17(16)27)9-10-19(18)33(29,30)26-14-5-3-6-15(11-14)32-21(22,23)24/h3,5-6,9-12,16-17,26-27H,2,4,7-8H2,1H3,(H,25,28)/t16?,17-/m1/s1. The Morgan fingerprint density at radius 2 is 1.91 bits per heavy atom. The highest BCUT2D eigenvalue weighted by molar-refractivity contribution is 7.92. The average molecular weight is 488 g/mol. The van der Waals surface area contributed by atoms with Gasteiger partial charge in [-0.2, -0.15) is 0 Å². The molecule has 1 fully saturated rings. The molecule has 180 valence electrons. The number of halogens is 3. The van der Waals surface area contributed by atoms with E-state index in [0.29, 0.717) is 12.8 Å². The summed E-state index contributed by atoms with van der Waals surface area (Å²) in [5, 5.41) is 12.6. The molecule has 8 nitrogen and oxygen atoms in total. The summed E-state index contributed by atoms with van der Waals surface area (Å²) >= 11 is 0. The van der Waals surface area contributed by atoms with Gasteiger partial charge in [-0.05, 0) is 50.5 Å². The van der Waals surface area contributed by atoms with Crippen LogP contribution in [0, 0.1) is 5.92 Å². The van der Waals surface area contributed by atoms with Crippen LogP contribution < -0.4 is 19.5 Å². The molecule has 12 heteroatoms. The number of alkyl halides is 3. The van der Waals surface area contributed by atoms with Crippen LogP contribution in [0.2, 0.25) is 0 Å². The van der Waals surface area contributed by atoms with Crippen LogP contribution in [0.15, 0.2) is 47.4 Å². The van der Waals surface area contributed by atoms with Crippen LogP contribution in [0.25, 0.3) is 0 Å². The molecular formula is C21H23F3N2O6S. The number of carbonyl (C=O) groups excluding carboxylic acids is 1. The van der Waals surface area contributed by atoms with E-state index in [-0.39, 0.29) is 34.5 Å². The quantitative estimate of drug-likeness (QED) is 0.520. The van der Waals surface area contributed by atoms with E-state index in [1.165, 1.54) is 30.3 Å². The highest BCUT2D eigenvalue weighted by Crippen LogP contribution is 2.32. The number of hydrogen-bond acceptors (Lipinski definition) is 6. The molecule has 33 heavy (non-hydrogen) atoms. The maximum absolute atomic E-state index is 12.9. The molecule has 2 aromatic rings. The summed E-state index contributed by atoms with van der Waals surface area (Å²) in [6.45, 7) is 1.76. The van der Waals surface area contributed by atoms with E-state index in [9.17, 15) is 31.5 Å². The zero-order valence-electron chi connectivity index (χ0n) is 17.6. The van der Waals surface area contributed by atoms with Crippen molar-refractivity contribution in [2.45, 2.75) is 43.5 Å². The number of rotatable bonds is 8. The fraction of sp³-hybridized carbons (Fsp3) is 0.381. The van der Waals surface area contributed by atoms with Crippen molar-refractivity contribution in [2.24, 2.45) is 5.92 Å². The third-order valence-electron chi connectivity index (χ3n) is 4.94. The predicted molar refractivity (Wildman–Crippen MR) is 114 cm³/mol. The largest absolute Gasteiger partial charge is 0.573 e. The number of anilines is 2. The minimum atomic E-state index is -4.92. The zero-order chi connectivity index (χ0) is 24.2.